The average Bonchev–Trinajstić information content (AvgIpc) is 3.43. The number of aryl methyl sites for hydroxylation is 2. The van der Waals surface area contributed by atoms with Gasteiger partial charge in [0.2, 0.25) is 5.91 Å². The zero-order valence-corrected chi connectivity index (χ0v) is 20.3. The fraction of sp³-hybridized carbons (Fsp3) is 0.478. The first-order valence-electron chi connectivity index (χ1n) is 11.2. The molecule has 5 rings (SSSR count). The van der Waals surface area contributed by atoms with Crippen molar-refractivity contribution < 1.29 is 4.79 Å². The molecule has 2 aliphatic rings. The van der Waals surface area contributed by atoms with E-state index in [1.807, 2.05) is 11.5 Å². The number of amides is 1. The van der Waals surface area contributed by atoms with Crippen molar-refractivity contribution in [2.45, 2.75) is 74.7 Å². The molecule has 2 aliphatic carbocycles. The van der Waals surface area contributed by atoms with E-state index in [4.69, 9.17) is 16.6 Å². The summed E-state index contributed by atoms with van der Waals surface area (Å²) < 4.78 is 1.89. The summed E-state index contributed by atoms with van der Waals surface area (Å²) in [4.78, 5) is 37.7. The van der Waals surface area contributed by atoms with Gasteiger partial charge in [-0.05, 0) is 63.1 Å². The van der Waals surface area contributed by atoms with Crippen LogP contribution in [0, 0.1) is 0 Å². The minimum absolute atomic E-state index is 0.0757. The normalized spacial score (nSPS) is 17.4. The highest BCUT2D eigenvalue weighted by molar-refractivity contribution is 8.00. The van der Waals surface area contributed by atoms with Crippen molar-refractivity contribution in [2.75, 3.05) is 5.32 Å². The number of thiophene rings is 1. The summed E-state index contributed by atoms with van der Waals surface area (Å²) in [6.45, 7) is 1.83. The molecular weight excluding hydrogens is 464 g/mol. The maximum atomic E-state index is 13.7. The number of rotatable bonds is 5. The Hall–Kier alpha value is -1.90. The number of nitrogens with zero attached hydrogens (tertiary/aromatic N) is 3. The fourth-order valence-electron chi connectivity index (χ4n) is 4.69. The number of halogens is 1. The van der Waals surface area contributed by atoms with Gasteiger partial charge >= 0.3 is 0 Å². The summed E-state index contributed by atoms with van der Waals surface area (Å²) in [5.41, 5.74) is 1.77. The summed E-state index contributed by atoms with van der Waals surface area (Å²) in [6.07, 6.45) is 10.1. The molecule has 1 unspecified atom stereocenters. The molecule has 1 atom stereocenters. The van der Waals surface area contributed by atoms with Crippen molar-refractivity contribution in [3.05, 3.63) is 44.3 Å². The highest BCUT2D eigenvalue weighted by Crippen LogP contribution is 2.38. The monoisotopic (exact) mass is 488 g/mol. The lowest BCUT2D eigenvalue weighted by molar-refractivity contribution is -0.115. The molecule has 3 aromatic heterocycles. The second-order valence-corrected chi connectivity index (χ2v) is 11.2. The molecule has 0 aromatic carbocycles. The summed E-state index contributed by atoms with van der Waals surface area (Å²) in [7, 11) is 0. The van der Waals surface area contributed by atoms with Gasteiger partial charge in [-0.1, -0.05) is 36.2 Å². The molecule has 32 heavy (non-hydrogen) atoms. The van der Waals surface area contributed by atoms with E-state index in [1.165, 1.54) is 28.6 Å². The van der Waals surface area contributed by atoms with E-state index in [1.54, 1.807) is 29.7 Å². The van der Waals surface area contributed by atoms with E-state index in [0.29, 0.717) is 10.8 Å². The van der Waals surface area contributed by atoms with Gasteiger partial charge in [0, 0.05) is 17.1 Å². The zero-order valence-electron chi connectivity index (χ0n) is 17.9. The second kappa shape index (κ2) is 9.15. The van der Waals surface area contributed by atoms with E-state index in [-0.39, 0.29) is 22.7 Å². The maximum Gasteiger partial charge on any atom is 0.263 e. The SMILES string of the molecule is CC(Sc1nc2sc3c(c2c(=O)n1C1CCCC1)CCCC3)C(=O)Nc1cccnc1Cl. The number of carbonyl (C=O) groups excluding carboxylic acids is 1. The van der Waals surface area contributed by atoms with Crippen LogP contribution in [0.5, 0.6) is 0 Å². The molecule has 0 saturated heterocycles. The Labute approximate surface area is 199 Å². The van der Waals surface area contributed by atoms with Gasteiger partial charge in [-0.3, -0.25) is 14.2 Å². The minimum Gasteiger partial charge on any atom is -0.322 e. The first kappa shape index (κ1) is 21.9. The highest BCUT2D eigenvalue weighted by atomic mass is 35.5. The number of fused-ring (bicyclic) bond motifs is 3. The Morgan fingerprint density at radius 1 is 1.28 bits per heavy atom. The van der Waals surface area contributed by atoms with Crippen LogP contribution in [0.2, 0.25) is 5.15 Å². The summed E-state index contributed by atoms with van der Waals surface area (Å²) >= 11 is 9.09. The fourth-order valence-corrected chi connectivity index (χ4v) is 7.14. The van der Waals surface area contributed by atoms with Gasteiger partial charge in [-0.2, -0.15) is 0 Å². The Kier molecular flexibility index (Phi) is 6.27. The van der Waals surface area contributed by atoms with Gasteiger partial charge in [-0.15, -0.1) is 11.3 Å². The lowest BCUT2D eigenvalue weighted by Gasteiger charge is -2.20. The lowest BCUT2D eigenvalue weighted by Crippen LogP contribution is -2.29. The third-order valence-electron chi connectivity index (χ3n) is 6.35. The standard InChI is InChI=1S/C23H25ClN4O2S2/c1-13(20(29)26-16-10-6-12-25-19(16)24)31-23-27-21-18(15-9-4-5-11-17(15)32-21)22(30)28(23)14-7-2-3-8-14/h6,10,12-14H,2-5,7-9,11H2,1H3,(H,26,29). The van der Waals surface area contributed by atoms with Gasteiger partial charge in [0.15, 0.2) is 10.3 Å². The molecular formula is C23H25ClN4O2S2. The van der Waals surface area contributed by atoms with Crippen LogP contribution in [0.15, 0.2) is 28.3 Å². The van der Waals surface area contributed by atoms with Gasteiger partial charge < -0.3 is 5.32 Å². The molecule has 6 nitrogen and oxygen atoms in total. The third kappa shape index (κ3) is 4.08. The quantitative estimate of drug-likeness (QED) is 0.286. The molecule has 1 fully saturated rings. The van der Waals surface area contributed by atoms with Crippen molar-refractivity contribution in [3.8, 4) is 0 Å². The minimum atomic E-state index is -0.446. The molecule has 0 spiro atoms. The van der Waals surface area contributed by atoms with Crippen LogP contribution in [0.1, 0.15) is 61.9 Å². The molecule has 9 heteroatoms. The molecule has 1 amide bonds. The van der Waals surface area contributed by atoms with Gasteiger partial charge in [-0.25, -0.2) is 9.97 Å². The van der Waals surface area contributed by atoms with Crippen LogP contribution >= 0.6 is 34.7 Å². The summed E-state index contributed by atoms with van der Waals surface area (Å²) in [5, 5.41) is 4.12. The predicted octanol–water partition coefficient (Wildman–Crippen LogP) is 5.62. The smallest absolute Gasteiger partial charge is 0.263 e. The van der Waals surface area contributed by atoms with Gasteiger partial charge in [0.25, 0.3) is 5.56 Å². The van der Waals surface area contributed by atoms with Crippen LogP contribution in [0.4, 0.5) is 5.69 Å². The van der Waals surface area contributed by atoms with Crippen molar-refractivity contribution in [1.29, 1.82) is 0 Å². The van der Waals surface area contributed by atoms with Crippen LogP contribution in [-0.4, -0.2) is 25.7 Å². The molecule has 3 heterocycles. The van der Waals surface area contributed by atoms with Crippen molar-refractivity contribution in [3.63, 3.8) is 0 Å². The predicted molar refractivity (Wildman–Crippen MR) is 131 cm³/mol. The Balaban J connectivity index is 1.51. The van der Waals surface area contributed by atoms with E-state index < -0.39 is 5.25 Å². The van der Waals surface area contributed by atoms with Crippen molar-refractivity contribution in [2.24, 2.45) is 0 Å². The Morgan fingerprint density at radius 3 is 2.84 bits per heavy atom. The van der Waals surface area contributed by atoms with Crippen molar-refractivity contribution in [1.82, 2.24) is 14.5 Å². The molecule has 1 saturated carbocycles. The first-order valence-corrected chi connectivity index (χ1v) is 13.2. The lowest BCUT2D eigenvalue weighted by atomic mass is 9.97. The number of nitrogens with one attached hydrogen (secondary N) is 1. The molecule has 3 aromatic rings. The summed E-state index contributed by atoms with van der Waals surface area (Å²) in [6, 6.07) is 3.61. The Bertz CT molecular complexity index is 1230. The zero-order chi connectivity index (χ0) is 22.2. The molecule has 1 N–H and O–H groups in total. The van der Waals surface area contributed by atoms with Crippen LogP contribution in [0.25, 0.3) is 10.2 Å². The van der Waals surface area contributed by atoms with E-state index >= 15 is 0 Å². The van der Waals surface area contributed by atoms with Gasteiger partial charge in [0.05, 0.1) is 16.3 Å². The van der Waals surface area contributed by atoms with E-state index in [0.717, 1.165) is 55.2 Å². The highest BCUT2D eigenvalue weighted by Gasteiger charge is 2.28. The number of hydrogen-bond donors (Lipinski definition) is 1. The number of anilines is 1. The molecule has 0 bridgehead atoms. The Morgan fingerprint density at radius 2 is 2.06 bits per heavy atom. The second-order valence-electron chi connectivity index (χ2n) is 8.49. The number of thioether (sulfide) groups is 1. The van der Waals surface area contributed by atoms with Crippen LogP contribution < -0.4 is 10.9 Å². The van der Waals surface area contributed by atoms with Crippen molar-refractivity contribution >= 4 is 56.5 Å². The molecule has 168 valence electrons. The first-order chi connectivity index (χ1) is 15.5. The third-order valence-corrected chi connectivity index (χ3v) is 8.90. The number of hydrogen-bond acceptors (Lipinski definition) is 6. The van der Waals surface area contributed by atoms with Crippen LogP contribution in [0.3, 0.4) is 0 Å². The largest absolute Gasteiger partial charge is 0.322 e. The van der Waals surface area contributed by atoms with Crippen LogP contribution in [-0.2, 0) is 17.6 Å². The number of aromatic nitrogens is 3. The summed E-state index contributed by atoms with van der Waals surface area (Å²) in [5.74, 6) is -0.192. The average molecular weight is 489 g/mol. The van der Waals surface area contributed by atoms with E-state index in [2.05, 4.69) is 10.3 Å². The molecule has 0 radical (unpaired) electrons. The topological polar surface area (TPSA) is 76.9 Å². The van der Waals surface area contributed by atoms with Gasteiger partial charge in [0.1, 0.15) is 4.83 Å². The number of pyridine rings is 1. The molecule has 0 aliphatic heterocycles. The maximum absolute atomic E-state index is 13.7. The van der Waals surface area contributed by atoms with E-state index in [9.17, 15) is 9.59 Å². The number of carbonyl (C=O) groups is 1.